The van der Waals surface area contributed by atoms with Gasteiger partial charge >= 0.3 is 10.1 Å². The van der Waals surface area contributed by atoms with Crippen LogP contribution in [0.25, 0.3) is 0 Å². The molecule has 0 unspecified atom stereocenters. The molecule has 0 saturated heterocycles. The summed E-state index contributed by atoms with van der Waals surface area (Å²) in [5, 5.41) is -0.683. The van der Waals surface area contributed by atoms with Crippen LogP contribution in [0.2, 0.25) is 5.02 Å². The molecule has 3 aromatic carbocycles. The quantitative estimate of drug-likeness (QED) is 0.613. The van der Waals surface area contributed by atoms with E-state index in [9.17, 15) is 8.42 Å². The monoisotopic (exact) mass is 358 g/mol. The predicted molar refractivity (Wildman–Crippen MR) is 95.7 cm³/mol. The van der Waals surface area contributed by atoms with Crippen molar-refractivity contribution in [1.29, 1.82) is 0 Å². The van der Waals surface area contributed by atoms with E-state index in [1.807, 2.05) is 12.1 Å². The van der Waals surface area contributed by atoms with Gasteiger partial charge < -0.3 is 4.18 Å². The van der Waals surface area contributed by atoms with Crippen LogP contribution in [-0.2, 0) is 10.1 Å². The van der Waals surface area contributed by atoms with Crippen molar-refractivity contribution < 1.29 is 12.6 Å². The standard InChI is InChI=1S/C19H15ClO3S/c20-17-13-7-8-14-18(17)23-24(21,22)19(15-9-3-1-4-10-15)16-11-5-2-6-12-16/h1-14,19H. The average Bonchev–Trinajstić information content (AvgIpc) is 2.59. The van der Waals surface area contributed by atoms with Crippen LogP contribution in [0.15, 0.2) is 84.9 Å². The fourth-order valence-corrected chi connectivity index (χ4v) is 4.16. The summed E-state index contributed by atoms with van der Waals surface area (Å²) in [6.45, 7) is 0. The first kappa shape index (κ1) is 16.6. The largest absolute Gasteiger partial charge is 0.380 e. The van der Waals surface area contributed by atoms with Crippen molar-refractivity contribution in [2.24, 2.45) is 0 Å². The molecule has 0 bridgehead atoms. The second-order valence-corrected chi connectivity index (χ2v) is 7.24. The fourth-order valence-electron chi connectivity index (χ4n) is 2.47. The lowest BCUT2D eigenvalue weighted by Crippen LogP contribution is -2.20. The molecule has 0 aliphatic heterocycles. The minimum atomic E-state index is -3.99. The van der Waals surface area contributed by atoms with Crippen molar-refractivity contribution in [3.63, 3.8) is 0 Å². The third-order valence-corrected chi connectivity index (χ3v) is 5.38. The highest BCUT2D eigenvalue weighted by molar-refractivity contribution is 7.87. The smallest absolute Gasteiger partial charge is 0.320 e. The zero-order valence-electron chi connectivity index (χ0n) is 12.7. The van der Waals surface area contributed by atoms with Crippen LogP contribution in [0.5, 0.6) is 5.75 Å². The van der Waals surface area contributed by atoms with Gasteiger partial charge in [-0.3, -0.25) is 0 Å². The fraction of sp³-hybridized carbons (Fsp3) is 0.0526. The molecule has 0 amide bonds. The Balaban J connectivity index is 2.07. The molecular weight excluding hydrogens is 344 g/mol. The topological polar surface area (TPSA) is 43.4 Å². The first-order valence-electron chi connectivity index (χ1n) is 7.35. The molecule has 0 aromatic heterocycles. The Morgan fingerprint density at radius 1 is 0.708 bits per heavy atom. The highest BCUT2D eigenvalue weighted by atomic mass is 35.5. The molecule has 0 N–H and O–H groups in total. The molecule has 0 heterocycles. The summed E-state index contributed by atoms with van der Waals surface area (Å²) in [7, 11) is -3.99. The molecule has 3 rings (SSSR count). The molecule has 0 spiro atoms. The minimum absolute atomic E-state index is 0.121. The van der Waals surface area contributed by atoms with Gasteiger partial charge in [0.05, 0.1) is 5.02 Å². The van der Waals surface area contributed by atoms with Gasteiger partial charge in [-0.2, -0.15) is 8.42 Å². The Bertz CT molecular complexity index is 870. The van der Waals surface area contributed by atoms with Gasteiger partial charge in [-0.15, -0.1) is 0 Å². The number of hydrogen-bond acceptors (Lipinski definition) is 3. The van der Waals surface area contributed by atoms with Crippen molar-refractivity contribution in [3.05, 3.63) is 101 Å². The van der Waals surface area contributed by atoms with E-state index in [2.05, 4.69) is 0 Å². The predicted octanol–water partition coefficient (Wildman–Crippen LogP) is 4.84. The molecule has 0 fully saturated rings. The molecule has 0 saturated carbocycles. The summed E-state index contributed by atoms with van der Waals surface area (Å²) in [6, 6.07) is 24.5. The highest BCUT2D eigenvalue weighted by Crippen LogP contribution is 2.34. The lowest BCUT2D eigenvalue weighted by atomic mass is 10.0. The van der Waals surface area contributed by atoms with Gasteiger partial charge in [0.25, 0.3) is 0 Å². The highest BCUT2D eigenvalue weighted by Gasteiger charge is 2.31. The maximum Gasteiger partial charge on any atom is 0.320 e. The number of rotatable bonds is 5. The van der Waals surface area contributed by atoms with Gasteiger partial charge in [-0.1, -0.05) is 84.4 Å². The molecular formula is C19H15ClO3S. The van der Waals surface area contributed by atoms with Crippen LogP contribution in [-0.4, -0.2) is 8.42 Å². The molecule has 5 heteroatoms. The Labute approximate surface area is 146 Å². The van der Waals surface area contributed by atoms with Gasteiger partial charge in [0.15, 0.2) is 5.75 Å². The van der Waals surface area contributed by atoms with E-state index in [-0.39, 0.29) is 10.8 Å². The number of benzene rings is 3. The van der Waals surface area contributed by atoms with Gasteiger partial charge in [0.1, 0.15) is 5.25 Å². The van der Waals surface area contributed by atoms with Crippen LogP contribution in [0, 0.1) is 0 Å². The van der Waals surface area contributed by atoms with Crippen molar-refractivity contribution in [3.8, 4) is 5.75 Å². The molecule has 122 valence electrons. The Hall–Kier alpha value is -2.30. The first-order valence-corrected chi connectivity index (χ1v) is 9.20. The summed E-state index contributed by atoms with van der Waals surface area (Å²) < 4.78 is 31.3. The van der Waals surface area contributed by atoms with Crippen LogP contribution in [0.4, 0.5) is 0 Å². The summed E-state index contributed by atoms with van der Waals surface area (Å²) in [5.41, 5.74) is 1.27. The molecule has 3 aromatic rings. The Morgan fingerprint density at radius 3 is 1.67 bits per heavy atom. The first-order chi connectivity index (χ1) is 11.6. The van der Waals surface area contributed by atoms with Crippen LogP contribution >= 0.6 is 11.6 Å². The zero-order valence-corrected chi connectivity index (χ0v) is 14.2. The second kappa shape index (κ2) is 7.07. The van der Waals surface area contributed by atoms with E-state index in [0.29, 0.717) is 11.1 Å². The summed E-state index contributed by atoms with van der Waals surface area (Å²) in [4.78, 5) is 0. The number of hydrogen-bond donors (Lipinski definition) is 0. The number of halogens is 1. The number of para-hydroxylation sites is 1. The zero-order chi connectivity index (χ0) is 17.0. The van der Waals surface area contributed by atoms with Crippen molar-refractivity contribution in [2.45, 2.75) is 5.25 Å². The average molecular weight is 359 g/mol. The van der Waals surface area contributed by atoms with Crippen molar-refractivity contribution in [2.75, 3.05) is 0 Å². The lowest BCUT2D eigenvalue weighted by Gasteiger charge is -2.19. The second-order valence-electron chi connectivity index (χ2n) is 5.21. The molecule has 24 heavy (non-hydrogen) atoms. The Morgan fingerprint density at radius 2 is 1.17 bits per heavy atom. The molecule has 0 atom stereocenters. The van der Waals surface area contributed by atoms with Gasteiger partial charge in [0, 0.05) is 0 Å². The molecule has 0 aliphatic carbocycles. The van der Waals surface area contributed by atoms with Crippen molar-refractivity contribution >= 4 is 21.7 Å². The third kappa shape index (κ3) is 3.61. The maximum atomic E-state index is 13.0. The van der Waals surface area contributed by atoms with Crippen molar-refractivity contribution in [1.82, 2.24) is 0 Å². The van der Waals surface area contributed by atoms with E-state index in [1.54, 1.807) is 66.7 Å². The van der Waals surface area contributed by atoms with E-state index >= 15 is 0 Å². The minimum Gasteiger partial charge on any atom is -0.380 e. The van der Waals surface area contributed by atoms with Crippen LogP contribution < -0.4 is 4.18 Å². The summed E-state index contributed by atoms with van der Waals surface area (Å²) in [6.07, 6.45) is 0. The van der Waals surface area contributed by atoms with Gasteiger partial charge in [-0.05, 0) is 23.3 Å². The lowest BCUT2D eigenvalue weighted by molar-refractivity contribution is 0.478. The van der Waals surface area contributed by atoms with Crippen LogP contribution in [0.1, 0.15) is 16.4 Å². The van der Waals surface area contributed by atoms with E-state index < -0.39 is 15.4 Å². The van der Waals surface area contributed by atoms with E-state index in [1.165, 1.54) is 6.07 Å². The Kier molecular flexibility index (Phi) is 4.88. The normalized spacial score (nSPS) is 11.4. The van der Waals surface area contributed by atoms with Gasteiger partial charge in [-0.25, -0.2) is 0 Å². The maximum absolute atomic E-state index is 13.0. The molecule has 3 nitrogen and oxygen atoms in total. The van der Waals surface area contributed by atoms with Crippen LogP contribution in [0.3, 0.4) is 0 Å². The third-order valence-electron chi connectivity index (χ3n) is 3.54. The molecule has 0 radical (unpaired) electrons. The van der Waals surface area contributed by atoms with Gasteiger partial charge in [0.2, 0.25) is 0 Å². The summed E-state index contributed by atoms with van der Waals surface area (Å²) >= 11 is 6.04. The molecule has 0 aliphatic rings. The van der Waals surface area contributed by atoms with E-state index in [4.69, 9.17) is 15.8 Å². The summed E-state index contributed by atoms with van der Waals surface area (Å²) in [5.74, 6) is 0.121. The SMILES string of the molecule is O=S(=O)(Oc1ccccc1Cl)C(c1ccccc1)c1ccccc1. The van der Waals surface area contributed by atoms with E-state index in [0.717, 1.165) is 0 Å².